The van der Waals surface area contributed by atoms with Crippen LogP contribution in [-0.4, -0.2) is 46.3 Å². The molecule has 1 aromatic carbocycles. The van der Waals surface area contributed by atoms with Gasteiger partial charge < -0.3 is 10.7 Å². The number of sulfonamides is 1. The second-order valence-corrected chi connectivity index (χ2v) is 9.42. The molecule has 6 N–H and O–H groups in total. The molecule has 180 valence electrons. The standard InChI is InChI=1S/C22H19F2N7O3S/c1-2-7-35(33,34)31-16-6-4-13(23)18(19(16)24)20(32)12-9-27-21-17(12)22(29-10-28-21)30-11-3-5-14(25)15(26)8-11/h3-6,8-10,25,31H,2,7,26H2,1H3,(H,27,28,29)/p+1. The summed E-state index contributed by atoms with van der Waals surface area (Å²) in [6.07, 6.45) is 7.35. The number of fused-ring (bicyclic) bond motifs is 1. The lowest BCUT2D eigenvalue weighted by Crippen LogP contribution is -2.42. The minimum Gasteiger partial charge on any atom is -0.393 e. The molecular formula is C22H20F2N7O3S+. The molecule has 1 aliphatic carbocycles. The second-order valence-electron chi connectivity index (χ2n) is 7.58. The molecule has 4 rings (SSSR count). The Bertz CT molecular complexity index is 1570. The SMILES string of the molecule is CCCS(=O)(=O)Nc1ccc(F)c(C(=O)c2c[nH]c3ncnc(N=C4C=CC(=[NH2+])C(N)=C4)c23)c1F. The van der Waals surface area contributed by atoms with Crippen molar-refractivity contribution in [3.8, 4) is 0 Å². The van der Waals surface area contributed by atoms with Crippen molar-refractivity contribution in [1.29, 1.82) is 0 Å². The lowest BCUT2D eigenvalue weighted by atomic mass is 10.0. The molecule has 10 nitrogen and oxygen atoms in total. The Balaban J connectivity index is 1.82. The number of anilines is 1. The molecule has 1 aliphatic rings. The molecule has 0 aliphatic heterocycles. The van der Waals surface area contributed by atoms with Gasteiger partial charge in [0.1, 0.15) is 23.5 Å². The van der Waals surface area contributed by atoms with Crippen molar-refractivity contribution in [2.75, 3.05) is 10.5 Å². The first-order valence-electron chi connectivity index (χ1n) is 10.3. The van der Waals surface area contributed by atoms with E-state index < -0.39 is 38.7 Å². The zero-order valence-electron chi connectivity index (χ0n) is 18.3. The fourth-order valence-corrected chi connectivity index (χ4v) is 4.56. The third-order valence-corrected chi connectivity index (χ3v) is 6.53. The molecule has 0 fully saturated rings. The van der Waals surface area contributed by atoms with Crippen LogP contribution >= 0.6 is 0 Å². The Morgan fingerprint density at radius 1 is 1.26 bits per heavy atom. The zero-order chi connectivity index (χ0) is 25.3. The van der Waals surface area contributed by atoms with Gasteiger partial charge in [0.2, 0.25) is 21.5 Å². The quantitative estimate of drug-likeness (QED) is 0.282. The zero-order valence-corrected chi connectivity index (χ0v) is 19.2. The topological polar surface area (TPSA) is 169 Å². The number of ketones is 1. The van der Waals surface area contributed by atoms with Crippen molar-refractivity contribution in [1.82, 2.24) is 15.0 Å². The smallest absolute Gasteiger partial charge is 0.232 e. The molecule has 3 aromatic rings. The Kier molecular flexibility index (Phi) is 6.26. The van der Waals surface area contributed by atoms with Crippen LogP contribution in [0.3, 0.4) is 0 Å². The lowest BCUT2D eigenvalue weighted by Gasteiger charge is -2.11. The van der Waals surface area contributed by atoms with Gasteiger partial charge in [-0.3, -0.25) is 14.9 Å². The Morgan fingerprint density at radius 2 is 2.03 bits per heavy atom. The van der Waals surface area contributed by atoms with Crippen molar-refractivity contribution >= 4 is 49.8 Å². The van der Waals surface area contributed by atoms with Crippen LogP contribution in [-0.2, 0) is 10.0 Å². The minimum atomic E-state index is -3.88. The molecule has 0 saturated carbocycles. The fourth-order valence-electron chi connectivity index (χ4n) is 3.43. The van der Waals surface area contributed by atoms with Crippen molar-refractivity contribution < 1.29 is 27.4 Å². The number of carbonyl (C=O) groups is 1. The Hall–Kier alpha value is -4.26. The van der Waals surface area contributed by atoms with Crippen LogP contribution in [0.1, 0.15) is 29.3 Å². The summed E-state index contributed by atoms with van der Waals surface area (Å²) in [5.74, 6) is -3.78. The first kappa shape index (κ1) is 23.9. The molecule has 13 heteroatoms. The highest BCUT2D eigenvalue weighted by molar-refractivity contribution is 7.92. The van der Waals surface area contributed by atoms with Gasteiger partial charge in [-0.05, 0) is 30.7 Å². The molecule has 0 bridgehead atoms. The molecule has 0 radical (unpaired) electrons. The molecule has 0 unspecified atom stereocenters. The number of H-pyrrole nitrogens is 1. The van der Waals surface area contributed by atoms with Gasteiger partial charge in [-0.25, -0.2) is 32.2 Å². The van der Waals surface area contributed by atoms with Crippen molar-refractivity contribution in [2.24, 2.45) is 10.7 Å². The maximum atomic E-state index is 15.2. The highest BCUT2D eigenvalue weighted by Gasteiger charge is 2.27. The van der Waals surface area contributed by atoms with Gasteiger partial charge in [0, 0.05) is 12.3 Å². The fraction of sp³-hybridized carbons (Fsp3) is 0.136. The molecule has 0 amide bonds. The summed E-state index contributed by atoms with van der Waals surface area (Å²) in [5, 5.41) is 5.84. The van der Waals surface area contributed by atoms with E-state index in [-0.39, 0.29) is 40.3 Å². The number of aliphatic imine (C=N–C) groups is 1. The van der Waals surface area contributed by atoms with E-state index in [0.717, 1.165) is 12.1 Å². The summed E-state index contributed by atoms with van der Waals surface area (Å²) in [6, 6.07) is 1.73. The van der Waals surface area contributed by atoms with E-state index in [2.05, 4.69) is 24.7 Å². The van der Waals surface area contributed by atoms with E-state index in [1.165, 1.54) is 18.6 Å². The van der Waals surface area contributed by atoms with Crippen LogP contribution in [0, 0.1) is 11.6 Å². The predicted molar refractivity (Wildman–Crippen MR) is 127 cm³/mol. The molecule has 0 saturated heterocycles. The summed E-state index contributed by atoms with van der Waals surface area (Å²) in [6.45, 7) is 1.63. The highest BCUT2D eigenvalue weighted by atomic mass is 32.2. The number of aromatic amines is 1. The summed E-state index contributed by atoms with van der Waals surface area (Å²) >= 11 is 0. The van der Waals surface area contributed by atoms with Gasteiger partial charge >= 0.3 is 0 Å². The van der Waals surface area contributed by atoms with Crippen LogP contribution in [0.5, 0.6) is 0 Å². The lowest BCUT2D eigenvalue weighted by molar-refractivity contribution is -0.111. The number of hydrogen-bond acceptors (Lipinski definition) is 7. The summed E-state index contributed by atoms with van der Waals surface area (Å²) in [7, 11) is -3.88. The van der Waals surface area contributed by atoms with Crippen LogP contribution in [0.4, 0.5) is 20.3 Å². The van der Waals surface area contributed by atoms with E-state index in [1.807, 2.05) is 0 Å². The Morgan fingerprint density at radius 3 is 2.74 bits per heavy atom. The number of allylic oxidation sites excluding steroid dienone is 3. The number of halogens is 2. The summed E-state index contributed by atoms with van der Waals surface area (Å²) < 4.78 is 56.1. The molecule has 35 heavy (non-hydrogen) atoms. The molecule has 2 aromatic heterocycles. The van der Waals surface area contributed by atoms with Crippen molar-refractivity contribution in [2.45, 2.75) is 13.3 Å². The number of aromatic nitrogens is 3. The maximum Gasteiger partial charge on any atom is 0.232 e. The second kappa shape index (κ2) is 9.18. The minimum absolute atomic E-state index is 0.0457. The molecule has 0 spiro atoms. The largest absolute Gasteiger partial charge is 0.393 e. The Labute approximate surface area is 198 Å². The van der Waals surface area contributed by atoms with Gasteiger partial charge in [-0.15, -0.1) is 0 Å². The number of nitrogens with one attached hydrogen (secondary N) is 2. The molecular weight excluding hydrogens is 480 g/mol. The number of rotatable bonds is 7. The van der Waals surface area contributed by atoms with Crippen LogP contribution < -0.4 is 15.9 Å². The van der Waals surface area contributed by atoms with E-state index in [0.29, 0.717) is 11.4 Å². The maximum absolute atomic E-state index is 15.2. The van der Waals surface area contributed by atoms with Crippen LogP contribution in [0.15, 0.2) is 53.6 Å². The van der Waals surface area contributed by atoms with Gasteiger partial charge in [0.05, 0.1) is 33.7 Å². The number of benzene rings is 1. The third-order valence-electron chi connectivity index (χ3n) is 5.06. The van der Waals surface area contributed by atoms with Gasteiger partial charge in [-0.1, -0.05) is 6.92 Å². The van der Waals surface area contributed by atoms with E-state index in [4.69, 9.17) is 11.1 Å². The molecule has 0 atom stereocenters. The third kappa shape index (κ3) is 4.71. The van der Waals surface area contributed by atoms with Crippen molar-refractivity contribution in [3.63, 3.8) is 0 Å². The van der Waals surface area contributed by atoms with Crippen molar-refractivity contribution in [3.05, 3.63) is 71.3 Å². The number of hydrogen-bond donors (Lipinski definition) is 4. The van der Waals surface area contributed by atoms with Gasteiger partial charge in [-0.2, -0.15) is 0 Å². The predicted octanol–water partition coefficient (Wildman–Crippen LogP) is 1.30. The average Bonchev–Trinajstić information content (AvgIpc) is 3.23. The van der Waals surface area contributed by atoms with Crippen LogP contribution in [0.25, 0.3) is 11.0 Å². The first-order valence-corrected chi connectivity index (χ1v) is 12.0. The van der Waals surface area contributed by atoms with Crippen LogP contribution in [0.2, 0.25) is 0 Å². The van der Waals surface area contributed by atoms with Gasteiger partial charge in [0.15, 0.2) is 11.6 Å². The highest BCUT2D eigenvalue weighted by Crippen LogP contribution is 2.31. The summed E-state index contributed by atoms with van der Waals surface area (Å²) in [5.41, 5.74) is 5.40. The number of nitrogens with zero attached hydrogens (tertiary/aromatic N) is 3. The van der Waals surface area contributed by atoms with E-state index in [9.17, 15) is 17.6 Å². The van der Waals surface area contributed by atoms with Gasteiger partial charge in [0.25, 0.3) is 0 Å². The number of nitrogens with two attached hydrogens (primary N) is 2. The summed E-state index contributed by atoms with van der Waals surface area (Å²) in [4.78, 5) is 28.6. The monoisotopic (exact) mass is 500 g/mol. The van der Waals surface area contributed by atoms with E-state index in [1.54, 1.807) is 19.1 Å². The molecule has 2 heterocycles. The van der Waals surface area contributed by atoms with E-state index >= 15 is 4.39 Å². The normalized spacial score (nSPS) is 15.0. The first-order chi connectivity index (χ1) is 16.6. The average molecular weight is 501 g/mol. The number of carbonyl (C=O) groups excluding carboxylic acids is 1.